The van der Waals surface area contributed by atoms with E-state index in [0.29, 0.717) is 42.7 Å². The molecule has 0 heterocycles. The van der Waals surface area contributed by atoms with E-state index in [9.17, 15) is 9.59 Å². The second-order valence-electron chi connectivity index (χ2n) is 5.74. The van der Waals surface area contributed by atoms with E-state index in [4.69, 9.17) is 9.47 Å². The summed E-state index contributed by atoms with van der Waals surface area (Å²) in [7, 11) is 0. The molecule has 24 heavy (non-hydrogen) atoms. The normalized spacial score (nSPS) is 10.4. The molecule has 0 aliphatic rings. The van der Waals surface area contributed by atoms with Gasteiger partial charge in [0, 0.05) is 12.1 Å². The smallest absolute Gasteiger partial charge is 0.251 e. The lowest BCUT2D eigenvalue weighted by molar-refractivity contribution is -0.120. The molecule has 2 amide bonds. The third-order valence-electron chi connectivity index (χ3n) is 3.26. The van der Waals surface area contributed by atoms with Gasteiger partial charge in [0.15, 0.2) is 11.5 Å². The van der Waals surface area contributed by atoms with E-state index in [2.05, 4.69) is 24.5 Å². The largest absolute Gasteiger partial charge is 0.490 e. The Labute approximate surface area is 143 Å². The van der Waals surface area contributed by atoms with Gasteiger partial charge >= 0.3 is 0 Å². The fourth-order valence-electron chi connectivity index (χ4n) is 2.02. The van der Waals surface area contributed by atoms with Gasteiger partial charge < -0.3 is 20.1 Å². The first-order valence-electron chi connectivity index (χ1n) is 8.42. The van der Waals surface area contributed by atoms with Crippen LogP contribution in [0.25, 0.3) is 0 Å². The number of hydrogen-bond donors (Lipinski definition) is 2. The van der Waals surface area contributed by atoms with Gasteiger partial charge in [0.25, 0.3) is 5.91 Å². The first kappa shape index (κ1) is 19.8. The van der Waals surface area contributed by atoms with E-state index < -0.39 is 0 Å². The predicted molar refractivity (Wildman–Crippen MR) is 93.6 cm³/mol. The molecule has 0 aliphatic carbocycles. The first-order valence-corrected chi connectivity index (χ1v) is 8.42. The molecule has 1 rings (SSSR count). The average Bonchev–Trinajstić information content (AvgIpc) is 2.54. The van der Waals surface area contributed by atoms with Gasteiger partial charge in [-0.1, -0.05) is 13.8 Å². The van der Waals surface area contributed by atoms with E-state index in [0.717, 1.165) is 6.42 Å². The molecule has 0 atom stereocenters. The minimum Gasteiger partial charge on any atom is -0.490 e. The van der Waals surface area contributed by atoms with Crippen molar-refractivity contribution in [3.05, 3.63) is 23.8 Å². The molecule has 6 heteroatoms. The van der Waals surface area contributed by atoms with Crippen LogP contribution in [-0.4, -0.2) is 38.1 Å². The quantitative estimate of drug-likeness (QED) is 0.688. The molecule has 0 aliphatic heterocycles. The summed E-state index contributed by atoms with van der Waals surface area (Å²) in [5, 5.41) is 5.39. The van der Waals surface area contributed by atoms with Crippen LogP contribution < -0.4 is 20.1 Å². The second-order valence-corrected chi connectivity index (χ2v) is 5.74. The van der Waals surface area contributed by atoms with Gasteiger partial charge in [0.1, 0.15) is 0 Å². The van der Waals surface area contributed by atoms with Crippen LogP contribution in [0.2, 0.25) is 0 Å². The minimum atomic E-state index is -0.321. The second kappa shape index (κ2) is 10.5. The summed E-state index contributed by atoms with van der Waals surface area (Å²) in [6.45, 7) is 9.49. The zero-order chi connectivity index (χ0) is 17.9. The van der Waals surface area contributed by atoms with E-state index in [1.807, 2.05) is 13.8 Å². The van der Waals surface area contributed by atoms with E-state index in [1.54, 1.807) is 18.2 Å². The fourth-order valence-corrected chi connectivity index (χ4v) is 2.02. The summed E-state index contributed by atoms with van der Waals surface area (Å²) in [6.07, 6.45) is 0.913. The predicted octanol–water partition coefficient (Wildman–Crippen LogP) is 2.38. The maximum absolute atomic E-state index is 12.2. The van der Waals surface area contributed by atoms with Crippen LogP contribution in [0.15, 0.2) is 18.2 Å². The Morgan fingerprint density at radius 3 is 2.33 bits per heavy atom. The standard InChI is InChI=1S/C18H28N2O4/c1-5-23-15-8-7-14(11-16(15)24-6-2)18(22)20-12-17(21)19-10-9-13(3)4/h7-8,11,13H,5-6,9-10,12H2,1-4H3,(H,19,21)(H,20,22). The average molecular weight is 336 g/mol. The van der Waals surface area contributed by atoms with Crippen LogP contribution >= 0.6 is 0 Å². The molecule has 1 aromatic rings. The van der Waals surface area contributed by atoms with Crippen molar-refractivity contribution in [2.45, 2.75) is 34.1 Å². The lowest BCUT2D eigenvalue weighted by Gasteiger charge is -2.12. The maximum Gasteiger partial charge on any atom is 0.251 e. The number of nitrogens with one attached hydrogen (secondary N) is 2. The summed E-state index contributed by atoms with van der Waals surface area (Å²) in [6, 6.07) is 4.98. The number of amides is 2. The Kier molecular flexibility index (Phi) is 8.68. The SMILES string of the molecule is CCOc1ccc(C(=O)NCC(=O)NCCC(C)C)cc1OCC. The fraction of sp³-hybridized carbons (Fsp3) is 0.556. The number of benzene rings is 1. The number of carbonyl (C=O) groups excluding carboxylic acids is 2. The molecule has 6 nitrogen and oxygen atoms in total. The minimum absolute atomic E-state index is 0.0475. The third kappa shape index (κ3) is 6.89. The lowest BCUT2D eigenvalue weighted by Crippen LogP contribution is -2.37. The van der Waals surface area contributed by atoms with Gasteiger partial charge in [0.2, 0.25) is 5.91 Å². The summed E-state index contributed by atoms with van der Waals surface area (Å²) in [5.74, 6) is 1.13. The Hall–Kier alpha value is -2.24. The third-order valence-corrected chi connectivity index (χ3v) is 3.26. The summed E-state index contributed by atoms with van der Waals surface area (Å²) < 4.78 is 11.0. The molecule has 0 saturated carbocycles. The van der Waals surface area contributed by atoms with Crippen LogP contribution in [0.1, 0.15) is 44.5 Å². The molecule has 1 aromatic carbocycles. The molecule has 2 N–H and O–H groups in total. The summed E-state index contributed by atoms with van der Waals surface area (Å²) in [5.41, 5.74) is 0.428. The molecule has 0 unspecified atom stereocenters. The highest BCUT2D eigenvalue weighted by atomic mass is 16.5. The molecule has 0 spiro atoms. The molecule has 0 aromatic heterocycles. The Morgan fingerprint density at radius 1 is 1.04 bits per heavy atom. The first-order chi connectivity index (χ1) is 11.5. The van der Waals surface area contributed by atoms with E-state index in [-0.39, 0.29) is 18.4 Å². The molecule has 134 valence electrons. The monoisotopic (exact) mass is 336 g/mol. The Balaban J connectivity index is 2.57. The highest BCUT2D eigenvalue weighted by Crippen LogP contribution is 2.28. The van der Waals surface area contributed by atoms with Gasteiger partial charge in [-0.15, -0.1) is 0 Å². The zero-order valence-electron chi connectivity index (χ0n) is 15.0. The van der Waals surface area contributed by atoms with Crippen molar-refractivity contribution in [3.8, 4) is 11.5 Å². The number of carbonyl (C=O) groups is 2. The van der Waals surface area contributed by atoms with Crippen LogP contribution in [0.4, 0.5) is 0 Å². The van der Waals surface area contributed by atoms with Crippen LogP contribution in [0.5, 0.6) is 11.5 Å². The van der Waals surface area contributed by atoms with Crippen molar-refractivity contribution in [2.75, 3.05) is 26.3 Å². The zero-order valence-corrected chi connectivity index (χ0v) is 15.0. The van der Waals surface area contributed by atoms with Crippen molar-refractivity contribution in [2.24, 2.45) is 5.92 Å². The number of rotatable bonds is 10. The van der Waals surface area contributed by atoms with Gasteiger partial charge in [0.05, 0.1) is 19.8 Å². The van der Waals surface area contributed by atoms with Crippen molar-refractivity contribution in [3.63, 3.8) is 0 Å². The number of ether oxygens (including phenoxy) is 2. The van der Waals surface area contributed by atoms with Crippen molar-refractivity contribution < 1.29 is 19.1 Å². The Bertz CT molecular complexity index is 544. The summed E-state index contributed by atoms with van der Waals surface area (Å²) >= 11 is 0. The van der Waals surface area contributed by atoms with E-state index in [1.165, 1.54) is 0 Å². The molecule has 0 radical (unpaired) electrons. The highest BCUT2D eigenvalue weighted by molar-refractivity contribution is 5.97. The molecular formula is C18H28N2O4. The van der Waals surface area contributed by atoms with Gasteiger partial charge in [-0.25, -0.2) is 0 Å². The van der Waals surface area contributed by atoms with Gasteiger partial charge in [-0.05, 0) is 44.4 Å². The van der Waals surface area contributed by atoms with Gasteiger partial charge in [-0.3, -0.25) is 9.59 Å². The lowest BCUT2D eigenvalue weighted by atomic mass is 10.1. The summed E-state index contributed by atoms with van der Waals surface area (Å²) in [4.78, 5) is 23.9. The van der Waals surface area contributed by atoms with Crippen molar-refractivity contribution in [1.29, 1.82) is 0 Å². The van der Waals surface area contributed by atoms with Crippen LogP contribution in [0.3, 0.4) is 0 Å². The highest BCUT2D eigenvalue weighted by Gasteiger charge is 2.12. The number of hydrogen-bond acceptors (Lipinski definition) is 4. The van der Waals surface area contributed by atoms with Crippen molar-refractivity contribution in [1.82, 2.24) is 10.6 Å². The van der Waals surface area contributed by atoms with Gasteiger partial charge in [-0.2, -0.15) is 0 Å². The van der Waals surface area contributed by atoms with Crippen molar-refractivity contribution >= 4 is 11.8 Å². The Morgan fingerprint density at radius 2 is 1.71 bits per heavy atom. The maximum atomic E-state index is 12.2. The van der Waals surface area contributed by atoms with Crippen LogP contribution in [-0.2, 0) is 4.79 Å². The topological polar surface area (TPSA) is 76.7 Å². The molecular weight excluding hydrogens is 308 g/mol. The van der Waals surface area contributed by atoms with E-state index >= 15 is 0 Å². The molecule has 0 saturated heterocycles. The molecule has 0 bridgehead atoms. The molecule has 0 fully saturated rings. The van der Waals surface area contributed by atoms with Crippen LogP contribution in [0, 0.1) is 5.92 Å².